The molecule has 0 radical (unpaired) electrons. The molecule has 0 aliphatic rings. The van der Waals surface area contributed by atoms with Crippen molar-refractivity contribution in [2.45, 2.75) is 0 Å². The molecular weight excluding hydrogens is 256 g/mol. The Morgan fingerprint density at radius 1 is 1.53 bits per heavy atom. The fraction of sp³-hybridized carbons (Fsp3) is 0.0909. The Kier molecular flexibility index (Phi) is 3.31. The van der Waals surface area contributed by atoms with Gasteiger partial charge >= 0.3 is 0 Å². The maximum absolute atomic E-state index is 5.95. The van der Waals surface area contributed by atoms with Gasteiger partial charge in [0.1, 0.15) is 4.99 Å². The van der Waals surface area contributed by atoms with Gasteiger partial charge in [0, 0.05) is 23.8 Å². The molecule has 1 aromatic carbocycles. The molecule has 0 fully saturated rings. The summed E-state index contributed by atoms with van der Waals surface area (Å²) >= 11 is 10.9. The lowest BCUT2D eigenvalue weighted by Crippen LogP contribution is -2.11. The van der Waals surface area contributed by atoms with E-state index in [9.17, 15) is 0 Å². The van der Waals surface area contributed by atoms with Crippen LogP contribution < -0.4 is 11.1 Å². The van der Waals surface area contributed by atoms with Gasteiger partial charge in [-0.3, -0.25) is 4.68 Å². The normalized spacial score (nSPS) is 10.2. The average molecular weight is 267 g/mol. The van der Waals surface area contributed by atoms with Gasteiger partial charge < -0.3 is 11.1 Å². The van der Waals surface area contributed by atoms with Crippen molar-refractivity contribution < 1.29 is 0 Å². The van der Waals surface area contributed by atoms with Crippen molar-refractivity contribution in [3.63, 3.8) is 0 Å². The maximum Gasteiger partial charge on any atom is 0.106 e. The number of benzene rings is 1. The molecule has 2 aromatic rings. The molecule has 0 spiro atoms. The second-order valence-electron chi connectivity index (χ2n) is 3.58. The Labute approximate surface area is 109 Å². The van der Waals surface area contributed by atoms with Crippen LogP contribution in [0.25, 0.3) is 0 Å². The molecule has 88 valence electrons. The first-order chi connectivity index (χ1) is 8.06. The first-order valence-electron chi connectivity index (χ1n) is 4.91. The Morgan fingerprint density at radius 3 is 2.88 bits per heavy atom. The van der Waals surface area contributed by atoms with Crippen LogP contribution in [-0.2, 0) is 7.05 Å². The van der Waals surface area contributed by atoms with Crippen molar-refractivity contribution in [1.29, 1.82) is 0 Å². The monoisotopic (exact) mass is 266 g/mol. The Hall–Kier alpha value is -1.59. The largest absolute Gasteiger partial charge is 0.389 e. The molecular formula is C11H11ClN4S. The standard InChI is InChI=1S/C11H11ClN4S/c1-16-6-8(5-14-16)15-10-4-7(12)2-3-9(10)11(13)17/h2-6,15H,1H3,(H2,13,17). The van der Waals surface area contributed by atoms with Gasteiger partial charge in [0.2, 0.25) is 0 Å². The summed E-state index contributed by atoms with van der Waals surface area (Å²) in [5.41, 5.74) is 8.04. The van der Waals surface area contributed by atoms with E-state index in [2.05, 4.69) is 10.4 Å². The Balaban J connectivity index is 2.37. The van der Waals surface area contributed by atoms with Crippen molar-refractivity contribution in [3.05, 3.63) is 41.2 Å². The minimum atomic E-state index is 0.327. The van der Waals surface area contributed by atoms with Gasteiger partial charge in [0.15, 0.2) is 0 Å². The van der Waals surface area contributed by atoms with Gasteiger partial charge in [0.05, 0.1) is 17.6 Å². The topological polar surface area (TPSA) is 55.9 Å². The van der Waals surface area contributed by atoms with E-state index in [4.69, 9.17) is 29.6 Å². The molecule has 2 rings (SSSR count). The number of aryl methyl sites for hydroxylation is 1. The maximum atomic E-state index is 5.95. The second-order valence-corrected chi connectivity index (χ2v) is 4.46. The second kappa shape index (κ2) is 4.73. The Morgan fingerprint density at radius 2 is 2.29 bits per heavy atom. The summed E-state index contributed by atoms with van der Waals surface area (Å²) in [5.74, 6) is 0. The minimum Gasteiger partial charge on any atom is -0.389 e. The molecule has 1 aromatic heterocycles. The smallest absolute Gasteiger partial charge is 0.106 e. The summed E-state index contributed by atoms with van der Waals surface area (Å²) in [7, 11) is 1.84. The quantitative estimate of drug-likeness (QED) is 0.838. The van der Waals surface area contributed by atoms with Gasteiger partial charge in [-0.1, -0.05) is 23.8 Å². The fourth-order valence-electron chi connectivity index (χ4n) is 1.48. The van der Waals surface area contributed by atoms with Gasteiger partial charge in [-0.2, -0.15) is 5.10 Å². The number of nitrogens with one attached hydrogen (secondary N) is 1. The fourth-order valence-corrected chi connectivity index (χ4v) is 1.83. The zero-order valence-electron chi connectivity index (χ0n) is 9.14. The number of hydrogen-bond acceptors (Lipinski definition) is 3. The van der Waals surface area contributed by atoms with Crippen molar-refractivity contribution >= 4 is 40.2 Å². The molecule has 6 heteroatoms. The summed E-state index contributed by atoms with van der Waals surface area (Å²) in [6.07, 6.45) is 3.56. The van der Waals surface area contributed by atoms with E-state index in [1.807, 2.05) is 13.2 Å². The third-order valence-electron chi connectivity index (χ3n) is 2.23. The predicted molar refractivity (Wildman–Crippen MR) is 73.8 cm³/mol. The van der Waals surface area contributed by atoms with E-state index in [-0.39, 0.29) is 0 Å². The molecule has 0 unspecified atom stereocenters. The minimum absolute atomic E-state index is 0.327. The first kappa shape index (κ1) is 11.9. The van der Waals surface area contributed by atoms with Crippen LogP contribution in [0.1, 0.15) is 5.56 Å². The van der Waals surface area contributed by atoms with Crippen LogP contribution in [0.15, 0.2) is 30.6 Å². The lowest BCUT2D eigenvalue weighted by atomic mass is 10.1. The van der Waals surface area contributed by atoms with Crippen LogP contribution in [0.2, 0.25) is 5.02 Å². The molecule has 0 bridgehead atoms. The summed E-state index contributed by atoms with van der Waals surface area (Å²) in [6.45, 7) is 0. The number of aromatic nitrogens is 2. The lowest BCUT2D eigenvalue weighted by molar-refractivity contribution is 0.768. The van der Waals surface area contributed by atoms with Crippen molar-refractivity contribution in [2.75, 3.05) is 5.32 Å². The molecule has 0 amide bonds. The SMILES string of the molecule is Cn1cc(Nc2cc(Cl)ccc2C(N)=S)cn1. The van der Waals surface area contributed by atoms with Gasteiger partial charge in [0.25, 0.3) is 0 Å². The summed E-state index contributed by atoms with van der Waals surface area (Å²) in [6, 6.07) is 5.33. The van der Waals surface area contributed by atoms with E-state index in [1.165, 1.54) is 0 Å². The van der Waals surface area contributed by atoms with Crippen LogP contribution >= 0.6 is 23.8 Å². The highest BCUT2D eigenvalue weighted by molar-refractivity contribution is 7.80. The van der Waals surface area contributed by atoms with Crippen LogP contribution in [0.5, 0.6) is 0 Å². The molecule has 1 heterocycles. The average Bonchev–Trinajstić information content (AvgIpc) is 2.63. The number of nitrogens with zero attached hydrogens (tertiary/aromatic N) is 2. The van der Waals surface area contributed by atoms with E-state index < -0.39 is 0 Å². The van der Waals surface area contributed by atoms with Crippen molar-refractivity contribution in [3.8, 4) is 0 Å². The van der Waals surface area contributed by atoms with E-state index >= 15 is 0 Å². The number of nitrogens with two attached hydrogens (primary N) is 1. The highest BCUT2D eigenvalue weighted by atomic mass is 35.5. The molecule has 3 N–H and O–H groups in total. The first-order valence-corrected chi connectivity index (χ1v) is 5.70. The van der Waals surface area contributed by atoms with Crippen LogP contribution in [0.3, 0.4) is 0 Å². The zero-order chi connectivity index (χ0) is 12.4. The molecule has 4 nitrogen and oxygen atoms in total. The molecule has 0 saturated carbocycles. The molecule has 0 aliphatic heterocycles. The molecule has 0 atom stereocenters. The summed E-state index contributed by atoms with van der Waals surface area (Å²) in [4.78, 5) is 0.327. The third kappa shape index (κ3) is 2.75. The third-order valence-corrected chi connectivity index (χ3v) is 2.69. The van der Waals surface area contributed by atoms with Gasteiger partial charge in [-0.25, -0.2) is 0 Å². The van der Waals surface area contributed by atoms with E-state index in [0.717, 1.165) is 16.9 Å². The predicted octanol–water partition coefficient (Wildman–Crippen LogP) is 2.45. The zero-order valence-corrected chi connectivity index (χ0v) is 10.7. The van der Waals surface area contributed by atoms with E-state index in [1.54, 1.807) is 29.1 Å². The van der Waals surface area contributed by atoms with E-state index in [0.29, 0.717) is 10.0 Å². The molecule has 17 heavy (non-hydrogen) atoms. The lowest BCUT2D eigenvalue weighted by Gasteiger charge is -2.09. The number of halogens is 1. The van der Waals surface area contributed by atoms with Crippen molar-refractivity contribution in [1.82, 2.24) is 9.78 Å². The highest BCUT2D eigenvalue weighted by Gasteiger charge is 2.07. The van der Waals surface area contributed by atoms with Crippen molar-refractivity contribution in [2.24, 2.45) is 12.8 Å². The van der Waals surface area contributed by atoms with Gasteiger partial charge in [-0.05, 0) is 18.2 Å². The number of thiocarbonyl (C=S) groups is 1. The molecule has 0 aliphatic carbocycles. The number of rotatable bonds is 3. The number of hydrogen-bond donors (Lipinski definition) is 2. The van der Waals surface area contributed by atoms with Crippen LogP contribution in [-0.4, -0.2) is 14.8 Å². The summed E-state index contributed by atoms with van der Waals surface area (Å²) < 4.78 is 1.70. The van der Waals surface area contributed by atoms with Gasteiger partial charge in [-0.15, -0.1) is 0 Å². The highest BCUT2D eigenvalue weighted by Crippen LogP contribution is 2.24. The molecule has 0 saturated heterocycles. The summed E-state index contributed by atoms with van der Waals surface area (Å²) in [5, 5.41) is 7.87. The Bertz CT molecular complexity index is 564. The number of anilines is 2. The van der Waals surface area contributed by atoms with Crippen LogP contribution in [0, 0.1) is 0 Å². The van der Waals surface area contributed by atoms with Crippen LogP contribution in [0.4, 0.5) is 11.4 Å².